The number of aliphatic hydroxyl groups is 2. The number of methoxy groups -OCH3 is 2. The molecule has 5 nitrogen and oxygen atoms in total. The molecule has 0 aliphatic carbocycles. The van der Waals surface area contributed by atoms with Gasteiger partial charge in [-0.1, -0.05) is 0 Å². The molecule has 0 radical (unpaired) electrons. The van der Waals surface area contributed by atoms with Crippen molar-refractivity contribution in [2.75, 3.05) is 34.5 Å². The van der Waals surface area contributed by atoms with E-state index in [4.69, 9.17) is 14.6 Å². The first-order valence-corrected chi connectivity index (χ1v) is 6.29. The van der Waals surface area contributed by atoms with Gasteiger partial charge in [-0.15, -0.1) is 0 Å². The van der Waals surface area contributed by atoms with Crippen molar-refractivity contribution in [1.82, 2.24) is 4.90 Å². The monoisotopic (exact) mass is 269 g/mol. The summed E-state index contributed by atoms with van der Waals surface area (Å²) in [7, 11) is 5.16. The van der Waals surface area contributed by atoms with Gasteiger partial charge in [0, 0.05) is 24.8 Å². The van der Waals surface area contributed by atoms with Crippen LogP contribution in [0.3, 0.4) is 0 Å². The Morgan fingerprint density at radius 2 is 1.95 bits per heavy atom. The van der Waals surface area contributed by atoms with Gasteiger partial charge in [0.2, 0.25) is 0 Å². The van der Waals surface area contributed by atoms with E-state index in [1.807, 2.05) is 30.1 Å². The second kappa shape index (κ2) is 7.99. The topological polar surface area (TPSA) is 62.2 Å². The number of aliphatic hydroxyl groups excluding tert-OH is 2. The second-order valence-electron chi connectivity index (χ2n) is 4.44. The zero-order valence-electron chi connectivity index (χ0n) is 11.8. The second-order valence-corrected chi connectivity index (χ2v) is 4.44. The molecule has 0 saturated carbocycles. The van der Waals surface area contributed by atoms with Gasteiger partial charge in [0.25, 0.3) is 0 Å². The van der Waals surface area contributed by atoms with E-state index in [1.165, 1.54) is 0 Å². The number of hydrogen-bond donors (Lipinski definition) is 2. The van der Waals surface area contributed by atoms with Crippen LogP contribution in [0.2, 0.25) is 0 Å². The molecule has 0 heterocycles. The van der Waals surface area contributed by atoms with E-state index in [-0.39, 0.29) is 19.3 Å². The van der Waals surface area contributed by atoms with Gasteiger partial charge in [0.1, 0.15) is 11.5 Å². The Labute approximate surface area is 114 Å². The summed E-state index contributed by atoms with van der Waals surface area (Å²) in [5, 5.41) is 18.3. The number of hydrogen-bond acceptors (Lipinski definition) is 5. The third-order valence-electron chi connectivity index (χ3n) is 3.20. The van der Waals surface area contributed by atoms with Gasteiger partial charge in [0.05, 0.1) is 20.8 Å². The van der Waals surface area contributed by atoms with Crippen LogP contribution in [0.25, 0.3) is 0 Å². The highest BCUT2D eigenvalue weighted by molar-refractivity contribution is 5.40. The number of rotatable bonds is 8. The molecule has 1 unspecified atom stereocenters. The Bertz CT molecular complexity index is 384. The summed E-state index contributed by atoms with van der Waals surface area (Å²) >= 11 is 0. The Hall–Kier alpha value is -1.30. The Morgan fingerprint density at radius 3 is 2.47 bits per heavy atom. The van der Waals surface area contributed by atoms with Crippen LogP contribution in [0.1, 0.15) is 12.0 Å². The molecule has 5 heteroatoms. The summed E-state index contributed by atoms with van der Waals surface area (Å²) < 4.78 is 10.5. The molecule has 0 fully saturated rings. The van der Waals surface area contributed by atoms with Crippen LogP contribution in [0.4, 0.5) is 0 Å². The summed E-state index contributed by atoms with van der Waals surface area (Å²) in [5.41, 5.74) is 0.987. The van der Waals surface area contributed by atoms with E-state index in [0.717, 1.165) is 17.1 Å². The molecular weight excluding hydrogens is 246 g/mol. The predicted molar refractivity (Wildman–Crippen MR) is 73.6 cm³/mol. The van der Waals surface area contributed by atoms with Crippen molar-refractivity contribution < 1.29 is 19.7 Å². The summed E-state index contributed by atoms with van der Waals surface area (Å²) in [4.78, 5) is 1.99. The van der Waals surface area contributed by atoms with Gasteiger partial charge >= 0.3 is 0 Å². The molecule has 1 aromatic carbocycles. The maximum atomic E-state index is 9.32. The molecule has 0 aromatic heterocycles. The fourth-order valence-electron chi connectivity index (χ4n) is 2.00. The zero-order chi connectivity index (χ0) is 14.3. The zero-order valence-corrected chi connectivity index (χ0v) is 11.8. The van der Waals surface area contributed by atoms with E-state index < -0.39 is 0 Å². The van der Waals surface area contributed by atoms with Crippen molar-refractivity contribution in [3.05, 3.63) is 23.8 Å². The number of nitrogens with zero attached hydrogens (tertiary/aromatic N) is 1. The van der Waals surface area contributed by atoms with Gasteiger partial charge < -0.3 is 19.7 Å². The van der Waals surface area contributed by atoms with Gasteiger partial charge in [-0.2, -0.15) is 0 Å². The minimum atomic E-state index is -0.0686. The lowest BCUT2D eigenvalue weighted by Crippen LogP contribution is -2.35. The highest BCUT2D eigenvalue weighted by Gasteiger charge is 2.15. The van der Waals surface area contributed by atoms with E-state index in [0.29, 0.717) is 13.0 Å². The SMILES string of the molecule is COc1ccc(OC)c(CN(C)C(CO)CCO)c1. The number of ether oxygens (including phenoxy) is 2. The van der Waals surface area contributed by atoms with Crippen molar-refractivity contribution in [3.63, 3.8) is 0 Å². The van der Waals surface area contributed by atoms with Gasteiger partial charge in [0.15, 0.2) is 0 Å². The minimum absolute atomic E-state index is 0.0172. The van der Waals surface area contributed by atoms with Gasteiger partial charge in [-0.3, -0.25) is 4.90 Å². The molecule has 0 spiro atoms. The normalized spacial score (nSPS) is 12.5. The quantitative estimate of drug-likeness (QED) is 0.733. The summed E-state index contributed by atoms with van der Waals surface area (Å²) in [6, 6.07) is 5.56. The molecule has 1 rings (SSSR count). The smallest absolute Gasteiger partial charge is 0.123 e. The first-order valence-electron chi connectivity index (χ1n) is 6.29. The van der Waals surface area contributed by atoms with Crippen LogP contribution in [0, 0.1) is 0 Å². The third-order valence-corrected chi connectivity index (χ3v) is 3.20. The van der Waals surface area contributed by atoms with E-state index >= 15 is 0 Å². The highest BCUT2D eigenvalue weighted by Crippen LogP contribution is 2.25. The van der Waals surface area contributed by atoms with Crippen molar-refractivity contribution in [1.29, 1.82) is 0 Å². The Kier molecular flexibility index (Phi) is 6.62. The molecule has 0 aliphatic heterocycles. The average molecular weight is 269 g/mol. The van der Waals surface area contributed by atoms with E-state index in [9.17, 15) is 5.11 Å². The van der Waals surface area contributed by atoms with Gasteiger partial charge in [-0.25, -0.2) is 0 Å². The number of likely N-dealkylation sites (N-methyl/N-ethyl adjacent to an activating group) is 1. The van der Waals surface area contributed by atoms with E-state index in [1.54, 1.807) is 14.2 Å². The first-order chi connectivity index (χ1) is 9.15. The third kappa shape index (κ3) is 4.38. The largest absolute Gasteiger partial charge is 0.497 e. The maximum absolute atomic E-state index is 9.32. The molecule has 2 N–H and O–H groups in total. The molecule has 0 aliphatic rings. The first kappa shape index (κ1) is 15.8. The molecular formula is C14H23NO4. The lowest BCUT2D eigenvalue weighted by molar-refractivity contribution is 0.114. The maximum Gasteiger partial charge on any atom is 0.123 e. The van der Waals surface area contributed by atoms with Crippen molar-refractivity contribution in [2.24, 2.45) is 0 Å². The molecule has 1 aromatic rings. The van der Waals surface area contributed by atoms with Crippen LogP contribution >= 0.6 is 0 Å². The van der Waals surface area contributed by atoms with Crippen molar-refractivity contribution in [3.8, 4) is 11.5 Å². The van der Waals surface area contributed by atoms with Crippen LogP contribution in [0.5, 0.6) is 11.5 Å². The number of benzene rings is 1. The van der Waals surface area contributed by atoms with Crippen LogP contribution < -0.4 is 9.47 Å². The van der Waals surface area contributed by atoms with Crippen LogP contribution in [-0.4, -0.2) is 55.6 Å². The fraction of sp³-hybridized carbons (Fsp3) is 0.571. The lowest BCUT2D eigenvalue weighted by Gasteiger charge is -2.26. The minimum Gasteiger partial charge on any atom is -0.497 e. The Morgan fingerprint density at radius 1 is 1.21 bits per heavy atom. The van der Waals surface area contributed by atoms with Crippen molar-refractivity contribution >= 4 is 0 Å². The molecule has 19 heavy (non-hydrogen) atoms. The van der Waals surface area contributed by atoms with E-state index in [2.05, 4.69) is 0 Å². The fourth-order valence-corrected chi connectivity index (χ4v) is 2.00. The molecule has 1 atom stereocenters. The van der Waals surface area contributed by atoms with Crippen molar-refractivity contribution in [2.45, 2.75) is 19.0 Å². The van der Waals surface area contributed by atoms with Gasteiger partial charge in [-0.05, 0) is 31.7 Å². The highest BCUT2D eigenvalue weighted by atomic mass is 16.5. The van der Waals surface area contributed by atoms with Crippen LogP contribution in [0.15, 0.2) is 18.2 Å². The molecule has 0 bridgehead atoms. The molecule has 0 amide bonds. The molecule has 108 valence electrons. The Balaban J connectivity index is 2.84. The average Bonchev–Trinajstić information content (AvgIpc) is 2.44. The standard InChI is InChI=1S/C14H23NO4/c1-15(12(10-17)6-7-16)9-11-8-13(18-2)4-5-14(11)19-3/h4-5,8,12,16-17H,6-7,9-10H2,1-3H3. The lowest BCUT2D eigenvalue weighted by atomic mass is 10.1. The summed E-state index contributed by atoms with van der Waals surface area (Å²) in [6.07, 6.45) is 0.541. The summed E-state index contributed by atoms with van der Waals surface area (Å²) in [5.74, 6) is 1.56. The van der Waals surface area contributed by atoms with Crippen LogP contribution in [-0.2, 0) is 6.54 Å². The predicted octanol–water partition coefficient (Wildman–Crippen LogP) is 0.879. The summed E-state index contributed by atoms with van der Waals surface area (Å²) in [6.45, 7) is 0.694. The molecule has 0 saturated heterocycles.